The van der Waals surface area contributed by atoms with E-state index < -0.39 is 0 Å². The van der Waals surface area contributed by atoms with Crippen molar-refractivity contribution in [3.8, 4) is 0 Å². The van der Waals surface area contributed by atoms with Gasteiger partial charge in [0.1, 0.15) is 5.82 Å². The second-order valence-electron chi connectivity index (χ2n) is 7.28. The molecule has 2 amide bonds. The van der Waals surface area contributed by atoms with Crippen LogP contribution in [0.5, 0.6) is 0 Å². The third-order valence-corrected chi connectivity index (χ3v) is 5.39. The van der Waals surface area contributed by atoms with Crippen molar-refractivity contribution >= 4 is 11.8 Å². The van der Waals surface area contributed by atoms with Gasteiger partial charge in [-0.25, -0.2) is 4.39 Å². The number of halogens is 1. The summed E-state index contributed by atoms with van der Waals surface area (Å²) >= 11 is 0. The fraction of sp³-hybridized carbons (Fsp3) is 0.450. The van der Waals surface area contributed by atoms with Crippen LogP contribution in [0.4, 0.5) is 4.39 Å². The highest BCUT2D eigenvalue weighted by molar-refractivity contribution is 5.79. The summed E-state index contributed by atoms with van der Waals surface area (Å²) in [6.07, 6.45) is 3.17. The number of carbonyl (C=O) groups is 2. The maximum absolute atomic E-state index is 13.6. The molecule has 1 aliphatic heterocycles. The normalized spacial score (nSPS) is 16.6. The predicted molar refractivity (Wildman–Crippen MR) is 96.9 cm³/mol. The van der Waals surface area contributed by atoms with Crippen LogP contribution in [0.1, 0.15) is 36.2 Å². The lowest BCUT2D eigenvalue weighted by molar-refractivity contribution is -0.139. The average Bonchev–Trinajstić information content (AvgIpc) is 3.02. The second-order valence-corrected chi connectivity index (χ2v) is 7.28. The summed E-state index contributed by atoms with van der Waals surface area (Å²) in [6, 6.07) is 8.21. The molecule has 1 N–H and O–H groups in total. The van der Waals surface area contributed by atoms with Gasteiger partial charge < -0.3 is 10.2 Å². The molecule has 1 saturated carbocycles. The van der Waals surface area contributed by atoms with E-state index in [2.05, 4.69) is 10.4 Å². The largest absolute Gasteiger partial charge is 0.350 e. The Kier molecular flexibility index (Phi) is 4.92. The van der Waals surface area contributed by atoms with Crippen molar-refractivity contribution in [2.75, 3.05) is 6.54 Å². The van der Waals surface area contributed by atoms with Gasteiger partial charge in [-0.05, 0) is 30.5 Å². The van der Waals surface area contributed by atoms with Crippen molar-refractivity contribution in [1.29, 1.82) is 0 Å². The second kappa shape index (κ2) is 7.50. The van der Waals surface area contributed by atoms with E-state index in [1.165, 1.54) is 6.07 Å². The lowest BCUT2D eigenvalue weighted by atomic mass is 9.84. The summed E-state index contributed by atoms with van der Waals surface area (Å²) in [4.78, 5) is 26.4. The van der Waals surface area contributed by atoms with Gasteiger partial charge in [-0.3, -0.25) is 14.3 Å². The zero-order chi connectivity index (χ0) is 18.8. The number of hydrogen-bond acceptors (Lipinski definition) is 3. The summed E-state index contributed by atoms with van der Waals surface area (Å²) in [6.45, 7) is 2.23. The number of fused-ring (bicyclic) bond motifs is 1. The van der Waals surface area contributed by atoms with Crippen molar-refractivity contribution in [2.45, 2.75) is 45.3 Å². The Bertz CT molecular complexity index is 859. The number of rotatable bonds is 5. The van der Waals surface area contributed by atoms with Gasteiger partial charge in [-0.1, -0.05) is 24.6 Å². The molecular weight excluding hydrogens is 347 g/mol. The molecule has 0 saturated heterocycles. The number of nitrogens with zero attached hydrogens (tertiary/aromatic N) is 3. The Hall–Kier alpha value is -2.70. The van der Waals surface area contributed by atoms with Crippen LogP contribution in [-0.4, -0.2) is 33.0 Å². The van der Waals surface area contributed by atoms with E-state index >= 15 is 0 Å². The van der Waals surface area contributed by atoms with Crippen LogP contribution >= 0.6 is 0 Å². The summed E-state index contributed by atoms with van der Waals surface area (Å²) in [5, 5.41) is 7.30. The van der Waals surface area contributed by atoms with Crippen molar-refractivity contribution in [3.63, 3.8) is 0 Å². The van der Waals surface area contributed by atoms with Gasteiger partial charge in [0.2, 0.25) is 11.8 Å². The SMILES string of the molecule is O=C(Cc1ccccc1F)NCc1cc2n(n1)CCN(C(=O)C1CCC1)C2. The Morgan fingerprint density at radius 2 is 2.04 bits per heavy atom. The first-order valence-corrected chi connectivity index (χ1v) is 9.44. The minimum absolute atomic E-state index is 0.00388. The molecule has 6 nitrogen and oxygen atoms in total. The summed E-state index contributed by atoms with van der Waals surface area (Å²) < 4.78 is 15.5. The first-order chi connectivity index (χ1) is 13.1. The summed E-state index contributed by atoms with van der Waals surface area (Å²) in [5.41, 5.74) is 2.13. The quantitative estimate of drug-likeness (QED) is 0.876. The number of nitrogens with one attached hydrogen (secondary N) is 1. The van der Waals surface area contributed by atoms with E-state index in [0.717, 1.165) is 30.7 Å². The minimum Gasteiger partial charge on any atom is -0.350 e. The van der Waals surface area contributed by atoms with Gasteiger partial charge in [0.15, 0.2) is 0 Å². The van der Waals surface area contributed by atoms with Gasteiger partial charge >= 0.3 is 0 Å². The highest BCUT2D eigenvalue weighted by Gasteiger charge is 2.31. The van der Waals surface area contributed by atoms with Crippen LogP contribution in [0.15, 0.2) is 30.3 Å². The van der Waals surface area contributed by atoms with Crippen LogP contribution in [0.3, 0.4) is 0 Å². The van der Waals surface area contributed by atoms with Crippen LogP contribution in [0.2, 0.25) is 0 Å². The van der Waals surface area contributed by atoms with E-state index in [4.69, 9.17) is 0 Å². The van der Waals surface area contributed by atoms with E-state index in [-0.39, 0.29) is 30.0 Å². The Balaban J connectivity index is 1.32. The molecule has 142 valence electrons. The van der Waals surface area contributed by atoms with Crippen LogP contribution in [0, 0.1) is 11.7 Å². The Morgan fingerprint density at radius 1 is 1.22 bits per heavy atom. The molecule has 0 bridgehead atoms. The standard InChI is InChI=1S/C20H23FN4O2/c21-18-7-2-1-4-15(18)10-19(26)22-12-16-11-17-13-24(8-9-25(17)23-16)20(27)14-5-3-6-14/h1-2,4,7,11,14H,3,5-6,8-10,12-13H2,(H,22,26). The highest BCUT2D eigenvalue weighted by atomic mass is 19.1. The van der Waals surface area contributed by atoms with Crippen molar-refractivity contribution in [2.24, 2.45) is 5.92 Å². The van der Waals surface area contributed by atoms with E-state index in [1.807, 2.05) is 15.6 Å². The summed E-state index contributed by atoms with van der Waals surface area (Å²) in [5.74, 6) is -0.153. The zero-order valence-corrected chi connectivity index (χ0v) is 15.2. The number of carbonyl (C=O) groups excluding carboxylic acids is 2. The fourth-order valence-corrected chi connectivity index (χ4v) is 3.58. The molecule has 0 unspecified atom stereocenters. The molecule has 0 spiro atoms. The first-order valence-electron chi connectivity index (χ1n) is 9.44. The lowest BCUT2D eigenvalue weighted by Gasteiger charge is -2.34. The van der Waals surface area contributed by atoms with Crippen LogP contribution < -0.4 is 5.32 Å². The Labute approximate surface area is 157 Å². The van der Waals surface area contributed by atoms with E-state index in [1.54, 1.807) is 18.2 Å². The average molecular weight is 370 g/mol. The van der Waals surface area contributed by atoms with Crippen molar-refractivity contribution < 1.29 is 14.0 Å². The maximum atomic E-state index is 13.6. The number of benzene rings is 1. The van der Waals surface area contributed by atoms with E-state index in [0.29, 0.717) is 31.7 Å². The molecule has 7 heteroatoms. The molecule has 1 fully saturated rings. The predicted octanol–water partition coefficient (Wildman–Crippen LogP) is 2.02. The zero-order valence-electron chi connectivity index (χ0n) is 15.2. The van der Waals surface area contributed by atoms with Crippen LogP contribution in [0.25, 0.3) is 0 Å². The minimum atomic E-state index is -0.374. The fourth-order valence-electron chi connectivity index (χ4n) is 3.58. The van der Waals surface area contributed by atoms with Gasteiger partial charge in [-0.2, -0.15) is 5.10 Å². The van der Waals surface area contributed by atoms with Crippen molar-refractivity contribution in [3.05, 3.63) is 53.1 Å². The molecule has 4 rings (SSSR count). The molecule has 1 aromatic carbocycles. The summed E-state index contributed by atoms with van der Waals surface area (Å²) in [7, 11) is 0. The molecule has 2 aromatic rings. The highest BCUT2D eigenvalue weighted by Crippen LogP contribution is 2.29. The topological polar surface area (TPSA) is 67.2 Å². The molecule has 1 aromatic heterocycles. The molecule has 2 heterocycles. The number of aromatic nitrogens is 2. The van der Waals surface area contributed by atoms with Gasteiger partial charge in [-0.15, -0.1) is 0 Å². The monoisotopic (exact) mass is 370 g/mol. The van der Waals surface area contributed by atoms with Gasteiger partial charge in [0, 0.05) is 12.5 Å². The van der Waals surface area contributed by atoms with Gasteiger partial charge in [0.25, 0.3) is 0 Å². The van der Waals surface area contributed by atoms with Crippen LogP contribution in [-0.2, 0) is 35.6 Å². The van der Waals surface area contributed by atoms with Gasteiger partial charge in [0.05, 0.1) is 37.4 Å². The Morgan fingerprint density at radius 3 is 2.78 bits per heavy atom. The molecule has 2 aliphatic rings. The number of hydrogen-bond donors (Lipinski definition) is 1. The van der Waals surface area contributed by atoms with Crippen molar-refractivity contribution in [1.82, 2.24) is 20.0 Å². The first kappa shape index (κ1) is 17.7. The smallest absolute Gasteiger partial charge is 0.226 e. The molecule has 1 aliphatic carbocycles. The third-order valence-electron chi connectivity index (χ3n) is 5.39. The molecule has 27 heavy (non-hydrogen) atoms. The van der Waals surface area contributed by atoms with E-state index in [9.17, 15) is 14.0 Å². The molecule has 0 atom stereocenters. The maximum Gasteiger partial charge on any atom is 0.226 e. The third kappa shape index (κ3) is 3.86. The molecule has 0 radical (unpaired) electrons. The molecular formula is C20H23FN4O2. The lowest BCUT2D eigenvalue weighted by Crippen LogP contribution is -2.43. The number of amides is 2.